The lowest BCUT2D eigenvalue weighted by atomic mass is 10.1. The molecule has 1 atom stereocenters. The van der Waals surface area contributed by atoms with Gasteiger partial charge >= 0.3 is 0 Å². The van der Waals surface area contributed by atoms with Gasteiger partial charge in [-0.05, 0) is 37.1 Å². The minimum atomic E-state index is 0.689. The summed E-state index contributed by atoms with van der Waals surface area (Å²) in [6, 6.07) is 9.14. The lowest BCUT2D eigenvalue weighted by Crippen LogP contribution is -2.35. The van der Waals surface area contributed by atoms with Crippen LogP contribution in [0.15, 0.2) is 24.3 Å². The minimum Gasteiger partial charge on any atom is -0.497 e. The van der Waals surface area contributed by atoms with Crippen LogP contribution in [0.3, 0.4) is 0 Å². The van der Waals surface area contributed by atoms with Gasteiger partial charge in [0.15, 0.2) is 0 Å². The molecule has 0 radical (unpaired) electrons. The highest BCUT2D eigenvalue weighted by molar-refractivity contribution is 9.09. The Hall–Kier alpha value is -0.540. The number of hydrogen-bond donors (Lipinski definition) is 0. The van der Waals surface area contributed by atoms with Gasteiger partial charge in [0, 0.05) is 17.9 Å². The molecular formula is C15H22BrNO. The van der Waals surface area contributed by atoms with E-state index in [-0.39, 0.29) is 0 Å². The van der Waals surface area contributed by atoms with Gasteiger partial charge in [-0.15, -0.1) is 0 Å². The molecule has 0 spiro atoms. The molecule has 1 aliphatic rings. The van der Waals surface area contributed by atoms with Gasteiger partial charge in [0.25, 0.3) is 0 Å². The first-order chi connectivity index (χ1) is 8.83. The van der Waals surface area contributed by atoms with Gasteiger partial charge in [-0.1, -0.05) is 40.9 Å². The van der Waals surface area contributed by atoms with Crippen molar-refractivity contribution in [2.45, 2.75) is 38.3 Å². The van der Waals surface area contributed by atoms with Crippen LogP contribution in [-0.4, -0.2) is 29.9 Å². The first-order valence-corrected chi connectivity index (χ1v) is 7.88. The molecule has 1 heterocycles. The minimum absolute atomic E-state index is 0.689. The van der Waals surface area contributed by atoms with Crippen molar-refractivity contribution in [3.05, 3.63) is 29.8 Å². The van der Waals surface area contributed by atoms with Crippen LogP contribution >= 0.6 is 15.9 Å². The van der Waals surface area contributed by atoms with Gasteiger partial charge < -0.3 is 4.74 Å². The van der Waals surface area contributed by atoms with Crippen LogP contribution in [0.5, 0.6) is 5.75 Å². The average Bonchev–Trinajstić information content (AvgIpc) is 2.64. The number of likely N-dealkylation sites (tertiary alicyclic amines) is 1. The fraction of sp³-hybridized carbons (Fsp3) is 0.600. The molecule has 18 heavy (non-hydrogen) atoms. The van der Waals surface area contributed by atoms with E-state index >= 15 is 0 Å². The summed E-state index contributed by atoms with van der Waals surface area (Å²) in [6.45, 7) is 2.28. The normalized spacial score (nSPS) is 21.6. The van der Waals surface area contributed by atoms with Crippen molar-refractivity contribution < 1.29 is 4.74 Å². The van der Waals surface area contributed by atoms with Crippen molar-refractivity contribution in [3.63, 3.8) is 0 Å². The van der Waals surface area contributed by atoms with E-state index in [1.54, 1.807) is 7.11 Å². The van der Waals surface area contributed by atoms with Gasteiger partial charge in [0.05, 0.1) is 7.11 Å². The SMILES string of the molecule is COc1ccc(CN2CCCCCC2CBr)cc1. The Kier molecular flexibility index (Phi) is 5.51. The fourth-order valence-electron chi connectivity index (χ4n) is 2.59. The van der Waals surface area contributed by atoms with Crippen molar-refractivity contribution in [1.29, 1.82) is 0 Å². The monoisotopic (exact) mass is 311 g/mol. The van der Waals surface area contributed by atoms with Crippen LogP contribution in [0.25, 0.3) is 0 Å². The van der Waals surface area contributed by atoms with Gasteiger partial charge in [0.2, 0.25) is 0 Å². The van der Waals surface area contributed by atoms with Crippen LogP contribution in [0.1, 0.15) is 31.2 Å². The molecule has 1 unspecified atom stereocenters. The summed E-state index contributed by atoms with van der Waals surface area (Å²) in [6.07, 6.45) is 5.40. The summed E-state index contributed by atoms with van der Waals surface area (Å²) in [5.74, 6) is 0.937. The van der Waals surface area contributed by atoms with Gasteiger partial charge in [0.1, 0.15) is 5.75 Å². The van der Waals surface area contributed by atoms with E-state index in [2.05, 4.69) is 45.1 Å². The molecule has 0 aliphatic carbocycles. The number of hydrogen-bond acceptors (Lipinski definition) is 2. The number of benzene rings is 1. The highest BCUT2D eigenvalue weighted by Crippen LogP contribution is 2.21. The third-order valence-electron chi connectivity index (χ3n) is 3.72. The number of rotatable bonds is 4. The Morgan fingerprint density at radius 1 is 1.22 bits per heavy atom. The average molecular weight is 312 g/mol. The molecule has 1 aromatic rings. The number of nitrogens with zero attached hydrogens (tertiary/aromatic N) is 1. The molecule has 0 amide bonds. The molecule has 1 aromatic carbocycles. The van der Waals surface area contributed by atoms with E-state index in [0.717, 1.165) is 17.6 Å². The quantitative estimate of drug-likeness (QED) is 0.783. The Morgan fingerprint density at radius 2 is 2.00 bits per heavy atom. The summed E-state index contributed by atoms with van der Waals surface area (Å²) in [5.41, 5.74) is 1.38. The molecule has 0 saturated carbocycles. The van der Waals surface area contributed by atoms with Crippen molar-refractivity contribution in [2.24, 2.45) is 0 Å². The van der Waals surface area contributed by atoms with Crippen molar-refractivity contribution >= 4 is 15.9 Å². The molecule has 0 aromatic heterocycles. The van der Waals surface area contributed by atoms with Gasteiger partial charge in [-0.2, -0.15) is 0 Å². The number of ether oxygens (including phenoxy) is 1. The molecule has 1 aliphatic heterocycles. The largest absolute Gasteiger partial charge is 0.497 e. The second-order valence-corrected chi connectivity index (χ2v) is 5.62. The zero-order valence-electron chi connectivity index (χ0n) is 11.1. The van der Waals surface area contributed by atoms with Crippen molar-refractivity contribution in [3.8, 4) is 5.75 Å². The molecule has 2 rings (SSSR count). The second kappa shape index (κ2) is 7.15. The van der Waals surface area contributed by atoms with Crippen molar-refractivity contribution in [2.75, 3.05) is 19.0 Å². The Labute approximate surface area is 118 Å². The molecule has 100 valence electrons. The standard InChI is InChI=1S/C15H22BrNO/c1-18-15-8-6-13(7-9-15)12-17-10-4-2-3-5-14(17)11-16/h6-9,14H,2-5,10-12H2,1H3. The van der Waals surface area contributed by atoms with E-state index in [1.165, 1.54) is 37.8 Å². The maximum Gasteiger partial charge on any atom is 0.118 e. The Bertz CT molecular complexity index is 352. The Balaban J connectivity index is 2.00. The third kappa shape index (κ3) is 3.72. The fourth-order valence-corrected chi connectivity index (χ4v) is 3.32. The highest BCUT2D eigenvalue weighted by Gasteiger charge is 2.19. The first-order valence-electron chi connectivity index (χ1n) is 6.76. The topological polar surface area (TPSA) is 12.5 Å². The molecule has 1 saturated heterocycles. The first kappa shape index (κ1) is 13.9. The maximum atomic E-state index is 5.20. The van der Waals surface area contributed by atoms with E-state index in [1.807, 2.05) is 0 Å². The highest BCUT2D eigenvalue weighted by atomic mass is 79.9. The summed E-state index contributed by atoms with van der Waals surface area (Å²) in [7, 11) is 1.71. The van der Waals surface area contributed by atoms with E-state index in [4.69, 9.17) is 4.74 Å². The summed E-state index contributed by atoms with van der Waals surface area (Å²) < 4.78 is 5.20. The van der Waals surface area contributed by atoms with Crippen LogP contribution in [-0.2, 0) is 6.54 Å². The van der Waals surface area contributed by atoms with E-state index in [9.17, 15) is 0 Å². The van der Waals surface area contributed by atoms with E-state index < -0.39 is 0 Å². The zero-order chi connectivity index (χ0) is 12.8. The third-order valence-corrected chi connectivity index (χ3v) is 4.47. The molecule has 1 fully saturated rings. The lowest BCUT2D eigenvalue weighted by molar-refractivity contribution is 0.209. The Morgan fingerprint density at radius 3 is 2.67 bits per heavy atom. The number of methoxy groups -OCH3 is 1. The number of alkyl halides is 1. The van der Waals surface area contributed by atoms with Crippen molar-refractivity contribution in [1.82, 2.24) is 4.90 Å². The molecular weight excluding hydrogens is 290 g/mol. The predicted octanol–water partition coefficient (Wildman–Crippen LogP) is 3.83. The molecule has 2 nitrogen and oxygen atoms in total. The summed E-state index contributed by atoms with van der Waals surface area (Å²) in [4.78, 5) is 2.61. The van der Waals surface area contributed by atoms with E-state index in [0.29, 0.717) is 6.04 Å². The van der Waals surface area contributed by atoms with Crippen LogP contribution in [0.4, 0.5) is 0 Å². The molecule has 0 N–H and O–H groups in total. The lowest BCUT2D eigenvalue weighted by Gasteiger charge is -2.28. The van der Waals surface area contributed by atoms with Crippen LogP contribution in [0.2, 0.25) is 0 Å². The van der Waals surface area contributed by atoms with Crippen LogP contribution < -0.4 is 4.74 Å². The van der Waals surface area contributed by atoms with Crippen LogP contribution in [0, 0.1) is 0 Å². The number of halogens is 1. The summed E-state index contributed by atoms with van der Waals surface area (Å²) >= 11 is 3.66. The smallest absolute Gasteiger partial charge is 0.118 e. The molecule has 0 bridgehead atoms. The summed E-state index contributed by atoms with van der Waals surface area (Å²) in [5, 5.41) is 1.09. The maximum absolute atomic E-state index is 5.20. The van der Waals surface area contributed by atoms with Gasteiger partial charge in [-0.25, -0.2) is 0 Å². The van der Waals surface area contributed by atoms with Gasteiger partial charge in [-0.3, -0.25) is 4.90 Å². The zero-order valence-corrected chi connectivity index (χ0v) is 12.7. The molecule has 3 heteroatoms. The second-order valence-electron chi connectivity index (χ2n) is 4.98. The predicted molar refractivity (Wildman–Crippen MR) is 79.5 cm³/mol.